The molecule has 11 rings (SSSR count). The summed E-state index contributed by atoms with van der Waals surface area (Å²) in [6.45, 7) is 4.61. The van der Waals surface area contributed by atoms with Gasteiger partial charge in [-0.15, -0.1) is 11.3 Å². The van der Waals surface area contributed by atoms with Gasteiger partial charge in [-0.05, 0) is 105 Å². The summed E-state index contributed by atoms with van der Waals surface area (Å²) < 4.78 is 5.10. The van der Waals surface area contributed by atoms with Crippen LogP contribution < -0.4 is 4.90 Å². The topological polar surface area (TPSA) is 8.17 Å². The second kappa shape index (κ2) is 12.6. The highest BCUT2D eigenvalue weighted by molar-refractivity contribution is 7.26. The van der Waals surface area contributed by atoms with E-state index in [1.165, 1.54) is 69.6 Å². The standard InChI is InChI=1S/C52H34N2S/c1-34-31-40(29-30-53(47-17-9-7-15-43(34)47)41-23-19-37(20-24-41)35-11-3-2-4-12-35)39-22-27-48-46(33-39)44-26-28-50-51(45-16-8-10-18-49(45)55-50)52(44)54(48)42-25-21-36-13-5-6-14-38(36)32-42/h2-33H,1H2/b30-29-,40-31+. The van der Waals surface area contributed by atoms with Gasteiger partial charge in [0.1, 0.15) is 0 Å². The van der Waals surface area contributed by atoms with E-state index in [-0.39, 0.29) is 0 Å². The molecule has 1 aliphatic rings. The summed E-state index contributed by atoms with van der Waals surface area (Å²) in [7, 11) is 0. The van der Waals surface area contributed by atoms with E-state index in [4.69, 9.17) is 0 Å². The zero-order chi connectivity index (χ0) is 36.5. The Morgan fingerprint density at radius 1 is 0.491 bits per heavy atom. The third-order valence-electron chi connectivity index (χ3n) is 11.1. The quantitative estimate of drug-likeness (QED) is 0.176. The lowest BCUT2D eigenvalue weighted by Gasteiger charge is -2.26. The second-order valence-electron chi connectivity index (χ2n) is 14.3. The summed E-state index contributed by atoms with van der Waals surface area (Å²) in [5, 5.41) is 7.57. The van der Waals surface area contributed by atoms with Crippen molar-refractivity contribution in [3.63, 3.8) is 0 Å². The summed E-state index contributed by atoms with van der Waals surface area (Å²) in [4.78, 5) is 2.28. The van der Waals surface area contributed by atoms with Crippen molar-refractivity contribution in [2.24, 2.45) is 0 Å². The monoisotopic (exact) mass is 718 g/mol. The SMILES string of the molecule is C=C1/C=C(c2ccc3c(c2)c2ccc4sc5ccccc5c4c2n3-c2ccc3ccccc3c2)\C=C/N(c2ccc(-c3ccccc3)cc2)c2ccccc21. The van der Waals surface area contributed by atoms with Gasteiger partial charge >= 0.3 is 0 Å². The maximum atomic E-state index is 4.61. The lowest BCUT2D eigenvalue weighted by Crippen LogP contribution is -2.11. The number of benzene rings is 8. The number of fused-ring (bicyclic) bond motifs is 9. The van der Waals surface area contributed by atoms with Gasteiger partial charge in [0.15, 0.2) is 0 Å². The van der Waals surface area contributed by atoms with Gasteiger partial charge in [-0.2, -0.15) is 0 Å². The third kappa shape index (κ3) is 5.16. The van der Waals surface area contributed by atoms with Crippen molar-refractivity contribution in [1.82, 2.24) is 4.57 Å². The molecule has 2 aromatic heterocycles. The van der Waals surface area contributed by atoms with Crippen LogP contribution in [0, 0.1) is 0 Å². The molecule has 0 N–H and O–H groups in total. The van der Waals surface area contributed by atoms with Gasteiger partial charge in [-0.25, -0.2) is 0 Å². The van der Waals surface area contributed by atoms with Gasteiger partial charge in [0, 0.05) is 54.1 Å². The zero-order valence-electron chi connectivity index (χ0n) is 30.0. The number of nitrogens with zero attached hydrogens (tertiary/aromatic N) is 2. The fourth-order valence-electron chi connectivity index (χ4n) is 8.43. The molecule has 0 fully saturated rings. The van der Waals surface area contributed by atoms with E-state index in [1.807, 2.05) is 11.3 Å². The van der Waals surface area contributed by atoms with Crippen LogP contribution in [0.3, 0.4) is 0 Å². The number of para-hydroxylation sites is 1. The molecule has 0 unspecified atom stereocenters. The maximum absolute atomic E-state index is 4.61. The van der Waals surface area contributed by atoms with Crippen LogP contribution in [0.4, 0.5) is 11.4 Å². The molecule has 2 nitrogen and oxygen atoms in total. The number of thiophene rings is 1. The number of anilines is 2. The van der Waals surface area contributed by atoms with Crippen LogP contribution in [0.25, 0.3) is 80.7 Å². The molecular weight excluding hydrogens is 685 g/mol. The highest BCUT2D eigenvalue weighted by atomic mass is 32.1. The highest BCUT2D eigenvalue weighted by Gasteiger charge is 2.20. The van der Waals surface area contributed by atoms with Crippen molar-refractivity contribution in [2.45, 2.75) is 0 Å². The van der Waals surface area contributed by atoms with Gasteiger partial charge < -0.3 is 9.47 Å². The summed E-state index contributed by atoms with van der Waals surface area (Å²) in [5.74, 6) is 0. The van der Waals surface area contributed by atoms with Gasteiger partial charge in [-0.1, -0.05) is 128 Å². The van der Waals surface area contributed by atoms with E-state index >= 15 is 0 Å². The van der Waals surface area contributed by atoms with Crippen molar-refractivity contribution in [3.8, 4) is 16.8 Å². The molecule has 0 saturated carbocycles. The van der Waals surface area contributed by atoms with E-state index < -0.39 is 0 Å². The van der Waals surface area contributed by atoms with Crippen LogP contribution in [0.15, 0.2) is 201 Å². The maximum Gasteiger partial charge on any atom is 0.0634 e. The first kappa shape index (κ1) is 31.6. The first-order chi connectivity index (χ1) is 27.2. The van der Waals surface area contributed by atoms with Gasteiger partial charge in [0.2, 0.25) is 0 Å². The molecule has 1 aliphatic heterocycles. The Kier molecular flexibility index (Phi) is 7.23. The molecule has 0 spiro atoms. The first-order valence-electron chi connectivity index (χ1n) is 18.7. The molecule has 0 radical (unpaired) electrons. The number of aromatic nitrogens is 1. The highest BCUT2D eigenvalue weighted by Crippen LogP contribution is 2.44. The fourth-order valence-corrected chi connectivity index (χ4v) is 9.54. The summed E-state index contributed by atoms with van der Waals surface area (Å²) >= 11 is 1.87. The van der Waals surface area contributed by atoms with Crippen LogP contribution in [-0.2, 0) is 0 Å². The molecule has 10 aromatic rings. The Hall–Kier alpha value is -6.94. The molecule has 0 bridgehead atoms. The molecule has 55 heavy (non-hydrogen) atoms. The van der Waals surface area contributed by atoms with Crippen molar-refractivity contribution in [3.05, 3.63) is 212 Å². The number of hydrogen-bond acceptors (Lipinski definition) is 2. The van der Waals surface area contributed by atoms with E-state index in [1.54, 1.807) is 0 Å². The zero-order valence-corrected chi connectivity index (χ0v) is 30.8. The molecule has 0 aliphatic carbocycles. The third-order valence-corrected chi connectivity index (χ3v) is 12.2. The summed E-state index contributed by atoms with van der Waals surface area (Å²) in [5.41, 5.74) is 12.6. The number of rotatable bonds is 4. The smallest absolute Gasteiger partial charge is 0.0634 e. The van der Waals surface area contributed by atoms with Gasteiger partial charge in [-0.3, -0.25) is 0 Å². The summed E-state index contributed by atoms with van der Waals surface area (Å²) in [6.07, 6.45) is 6.68. The molecule has 0 saturated heterocycles. The lowest BCUT2D eigenvalue weighted by atomic mass is 9.95. The Labute approximate surface area is 323 Å². The van der Waals surface area contributed by atoms with Crippen LogP contribution in [-0.4, -0.2) is 4.57 Å². The Bertz CT molecular complexity index is 3210. The minimum Gasteiger partial charge on any atom is -0.317 e. The number of hydrogen-bond donors (Lipinski definition) is 0. The Morgan fingerprint density at radius 3 is 2.11 bits per heavy atom. The van der Waals surface area contributed by atoms with Gasteiger partial charge in [0.25, 0.3) is 0 Å². The van der Waals surface area contributed by atoms with Crippen molar-refractivity contribution >= 4 is 86.6 Å². The van der Waals surface area contributed by atoms with Crippen LogP contribution in [0.5, 0.6) is 0 Å². The van der Waals surface area contributed by atoms with Crippen LogP contribution in [0.2, 0.25) is 0 Å². The average Bonchev–Trinajstić information content (AvgIpc) is 3.78. The molecule has 0 amide bonds. The van der Waals surface area contributed by atoms with Crippen LogP contribution >= 0.6 is 11.3 Å². The van der Waals surface area contributed by atoms with E-state index in [9.17, 15) is 0 Å². The van der Waals surface area contributed by atoms with E-state index in [0.29, 0.717) is 0 Å². The minimum absolute atomic E-state index is 0.978. The minimum atomic E-state index is 0.978. The molecule has 0 atom stereocenters. The normalized spacial score (nSPS) is 14.7. The van der Waals surface area contributed by atoms with Crippen molar-refractivity contribution in [1.29, 1.82) is 0 Å². The predicted molar refractivity (Wildman–Crippen MR) is 238 cm³/mol. The Morgan fingerprint density at radius 2 is 1.22 bits per heavy atom. The van der Waals surface area contributed by atoms with Crippen molar-refractivity contribution < 1.29 is 0 Å². The molecule has 258 valence electrons. The molecule has 8 aromatic carbocycles. The molecular formula is C52H34N2S. The average molecular weight is 719 g/mol. The second-order valence-corrected chi connectivity index (χ2v) is 15.4. The summed E-state index contributed by atoms with van der Waals surface area (Å²) in [6, 6.07) is 63.8. The Balaban J connectivity index is 1.10. The lowest BCUT2D eigenvalue weighted by molar-refractivity contribution is 1.19. The van der Waals surface area contributed by atoms with Crippen molar-refractivity contribution in [2.75, 3.05) is 4.90 Å². The first-order valence-corrected chi connectivity index (χ1v) is 19.5. The molecule has 3 heterocycles. The predicted octanol–water partition coefficient (Wildman–Crippen LogP) is 14.7. The fraction of sp³-hybridized carbons (Fsp3) is 0. The van der Waals surface area contributed by atoms with E-state index in [0.717, 1.165) is 33.6 Å². The van der Waals surface area contributed by atoms with Crippen LogP contribution in [0.1, 0.15) is 11.1 Å². The van der Waals surface area contributed by atoms with Gasteiger partial charge in [0.05, 0.1) is 16.7 Å². The number of allylic oxidation sites excluding steroid dienone is 4. The molecule has 3 heteroatoms. The largest absolute Gasteiger partial charge is 0.317 e. The van der Waals surface area contributed by atoms with E-state index in [2.05, 4.69) is 210 Å².